The molecule has 0 aromatic heterocycles. The number of amides is 2. The van der Waals surface area contributed by atoms with Crippen molar-refractivity contribution in [2.45, 2.75) is 31.7 Å². The summed E-state index contributed by atoms with van der Waals surface area (Å²) >= 11 is 0. The summed E-state index contributed by atoms with van der Waals surface area (Å²) in [6.45, 7) is 4.22. The Kier molecular flexibility index (Phi) is 5.95. The molecule has 2 amide bonds. The van der Waals surface area contributed by atoms with Gasteiger partial charge in [-0.25, -0.2) is 0 Å². The van der Waals surface area contributed by atoms with Crippen LogP contribution in [-0.2, 0) is 0 Å². The summed E-state index contributed by atoms with van der Waals surface area (Å²) < 4.78 is 0. The third-order valence-corrected chi connectivity index (χ3v) is 6.14. The van der Waals surface area contributed by atoms with Gasteiger partial charge in [-0.2, -0.15) is 0 Å². The minimum atomic E-state index is -0.0911. The maximum atomic E-state index is 13.1. The van der Waals surface area contributed by atoms with Crippen LogP contribution in [-0.4, -0.2) is 60.9 Å². The quantitative estimate of drug-likeness (QED) is 0.850. The van der Waals surface area contributed by atoms with Crippen molar-refractivity contribution in [1.82, 2.24) is 15.1 Å². The second-order valence-corrected chi connectivity index (χ2v) is 8.04. The van der Waals surface area contributed by atoms with E-state index in [1.165, 1.54) is 25.9 Å². The SMILES string of the molecule is CNC(=O)c1ccc(-c2ccc(C(=O)N3CCC[C@H]3CN3CCCC3)cc2)cc1. The lowest BCUT2D eigenvalue weighted by atomic mass is 10.0. The van der Waals surface area contributed by atoms with Gasteiger partial charge in [0.05, 0.1) is 0 Å². The van der Waals surface area contributed by atoms with Crippen molar-refractivity contribution in [3.05, 3.63) is 59.7 Å². The lowest BCUT2D eigenvalue weighted by Gasteiger charge is -2.28. The van der Waals surface area contributed by atoms with Gasteiger partial charge in [-0.1, -0.05) is 24.3 Å². The standard InChI is InChI=1S/C24H29N3O2/c1-25-23(28)20-10-6-18(7-11-20)19-8-12-21(13-9-19)24(29)27-16-4-5-22(27)17-26-14-2-3-15-26/h6-13,22H,2-5,14-17H2,1H3,(H,25,28)/t22-/m0/s1. The van der Waals surface area contributed by atoms with Crippen molar-refractivity contribution in [3.8, 4) is 11.1 Å². The Morgan fingerprint density at radius 2 is 1.45 bits per heavy atom. The smallest absolute Gasteiger partial charge is 0.254 e. The fourth-order valence-corrected chi connectivity index (χ4v) is 4.49. The summed E-state index contributed by atoms with van der Waals surface area (Å²) in [6.07, 6.45) is 4.77. The molecular formula is C24H29N3O2. The minimum Gasteiger partial charge on any atom is -0.355 e. The van der Waals surface area contributed by atoms with E-state index in [-0.39, 0.29) is 11.8 Å². The van der Waals surface area contributed by atoms with Crippen molar-refractivity contribution >= 4 is 11.8 Å². The average molecular weight is 392 g/mol. The fraction of sp³-hybridized carbons (Fsp3) is 0.417. The van der Waals surface area contributed by atoms with E-state index in [1.807, 2.05) is 48.5 Å². The number of nitrogens with zero attached hydrogens (tertiary/aromatic N) is 2. The van der Waals surface area contributed by atoms with Crippen molar-refractivity contribution in [2.24, 2.45) is 0 Å². The van der Waals surface area contributed by atoms with Gasteiger partial charge in [0.15, 0.2) is 0 Å². The summed E-state index contributed by atoms with van der Waals surface area (Å²) in [5.41, 5.74) is 3.47. The largest absolute Gasteiger partial charge is 0.355 e. The Morgan fingerprint density at radius 1 is 0.862 bits per heavy atom. The second-order valence-electron chi connectivity index (χ2n) is 8.04. The van der Waals surface area contributed by atoms with Gasteiger partial charge in [0.25, 0.3) is 11.8 Å². The molecule has 5 heteroatoms. The Balaban J connectivity index is 1.44. The Labute approximate surface area is 172 Å². The van der Waals surface area contributed by atoms with Gasteiger partial charge in [-0.15, -0.1) is 0 Å². The highest BCUT2D eigenvalue weighted by atomic mass is 16.2. The summed E-state index contributed by atoms with van der Waals surface area (Å²) in [7, 11) is 1.63. The molecule has 0 aliphatic carbocycles. The number of nitrogens with one attached hydrogen (secondary N) is 1. The molecule has 5 nitrogen and oxygen atoms in total. The molecule has 2 aromatic carbocycles. The van der Waals surface area contributed by atoms with Crippen LogP contribution in [0.3, 0.4) is 0 Å². The van der Waals surface area contributed by atoms with Crippen LogP contribution in [0, 0.1) is 0 Å². The van der Waals surface area contributed by atoms with Gasteiger partial charge in [0.1, 0.15) is 0 Å². The third kappa shape index (κ3) is 4.35. The Hall–Kier alpha value is -2.66. The van der Waals surface area contributed by atoms with Crippen LogP contribution >= 0.6 is 0 Å². The van der Waals surface area contributed by atoms with Gasteiger partial charge in [0.2, 0.25) is 0 Å². The molecular weight excluding hydrogens is 362 g/mol. The lowest BCUT2D eigenvalue weighted by molar-refractivity contribution is 0.0708. The first kappa shape index (κ1) is 19.6. The van der Waals surface area contributed by atoms with Crippen molar-refractivity contribution in [3.63, 3.8) is 0 Å². The molecule has 29 heavy (non-hydrogen) atoms. The zero-order valence-electron chi connectivity index (χ0n) is 17.1. The molecule has 2 aromatic rings. The van der Waals surface area contributed by atoms with E-state index in [9.17, 15) is 9.59 Å². The van der Waals surface area contributed by atoms with E-state index in [1.54, 1.807) is 7.05 Å². The topological polar surface area (TPSA) is 52.7 Å². The zero-order chi connectivity index (χ0) is 20.2. The molecule has 1 N–H and O–H groups in total. The van der Waals surface area contributed by atoms with E-state index in [2.05, 4.69) is 15.1 Å². The van der Waals surface area contributed by atoms with Crippen LogP contribution < -0.4 is 5.32 Å². The molecule has 0 unspecified atom stereocenters. The predicted octanol–water partition coefficient (Wildman–Crippen LogP) is 3.41. The molecule has 2 aliphatic rings. The van der Waals surface area contributed by atoms with Gasteiger partial charge >= 0.3 is 0 Å². The van der Waals surface area contributed by atoms with E-state index in [0.29, 0.717) is 11.6 Å². The predicted molar refractivity (Wildman–Crippen MR) is 115 cm³/mol. The van der Waals surface area contributed by atoms with Gasteiger partial charge < -0.3 is 15.1 Å². The van der Waals surface area contributed by atoms with Crippen molar-refractivity contribution in [1.29, 1.82) is 0 Å². The molecule has 0 radical (unpaired) electrons. The number of benzene rings is 2. The Bertz CT molecular complexity index is 855. The number of likely N-dealkylation sites (tertiary alicyclic amines) is 2. The minimum absolute atomic E-state index is 0.0911. The fourth-order valence-electron chi connectivity index (χ4n) is 4.49. The summed E-state index contributed by atoms with van der Waals surface area (Å²) in [4.78, 5) is 29.4. The van der Waals surface area contributed by atoms with Crippen molar-refractivity contribution < 1.29 is 9.59 Å². The maximum Gasteiger partial charge on any atom is 0.254 e. The summed E-state index contributed by atoms with van der Waals surface area (Å²) in [5, 5.41) is 2.63. The number of carbonyl (C=O) groups excluding carboxylic acids is 2. The number of hydrogen-bond donors (Lipinski definition) is 1. The van der Waals surface area contributed by atoms with Crippen LogP contribution in [0.2, 0.25) is 0 Å². The first-order chi connectivity index (χ1) is 14.2. The number of carbonyl (C=O) groups is 2. The summed E-state index contributed by atoms with van der Waals surface area (Å²) in [5.74, 6) is 0.0554. The summed E-state index contributed by atoms with van der Waals surface area (Å²) in [6, 6.07) is 15.7. The first-order valence-corrected chi connectivity index (χ1v) is 10.6. The molecule has 0 bridgehead atoms. The monoisotopic (exact) mass is 391 g/mol. The van der Waals surface area contributed by atoms with Crippen LogP contribution in [0.1, 0.15) is 46.4 Å². The van der Waals surface area contributed by atoms with E-state index in [0.717, 1.165) is 42.6 Å². The highest BCUT2D eigenvalue weighted by Crippen LogP contribution is 2.25. The molecule has 152 valence electrons. The zero-order valence-corrected chi connectivity index (χ0v) is 17.1. The van der Waals surface area contributed by atoms with Crippen molar-refractivity contribution in [2.75, 3.05) is 33.2 Å². The molecule has 2 heterocycles. The molecule has 2 aliphatic heterocycles. The van der Waals surface area contributed by atoms with Crippen LogP contribution in [0.5, 0.6) is 0 Å². The lowest BCUT2D eigenvalue weighted by Crippen LogP contribution is -2.42. The normalized spacial score (nSPS) is 19.5. The highest BCUT2D eigenvalue weighted by Gasteiger charge is 2.31. The van der Waals surface area contributed by atoms with Gasteiger partial charge in [0, 0.05) is 37.3 Å². The van der Waals surface area contributed by atoms with Crippen LogP contribution in [0.25, 0.3) is 11.1 Å². The molecule has 4 rings (SSSR count). The molecule has 2 fully saturated rings. The third-order valence-electron chi connectivity index (χ3n) is 6.14. The van der Waals surface area contributed by atoms with E-state index >= 15 is 0 Å². The van der Waals surface area contributed by atoms with Gasteiger partial charge in [-0.3, -0.25) is 9.59 Å². The van der Waals surface area contributed by atoms with E-state index in [4.69, 9.17) is 0 Å². The van der Waals surface area contributed by atoms with Crippen LogP contribution in [0.4, 0.5) is 0 Å². The molecule has 2 saturated heterocycles. The maximum absolute atomic E-state index is 13.1. The first-order valence-electron chi connectivity index (χ1n) is 10.6. The average Bonchev–Trinajstić information content (AvgIpc) is 3.45. The van der Waals surface area contributed by atoms with Gasteiger partial charge in [-0.05, 0) is 74.2 Å². The number of rotatable bonds is 5. The highest BCUT2D eigenvalue weighted by molar-refractivity contribution is 5.96. The molecule has 1 atom stereocenters. The molecule has 0 spiro atoms. The number of hydrogen-bond acceptors (Lipinski definition) is 3. The van der Waals surface area contributed by atoms with E-state index < -0.39 is 0 Å². The molecule has 0 saturated carbocycles. The Morgan fingerprint density at radius 3 is 2.03 bits per heavy atom. The van der Waals surface area contributed by atoms with Crippen LogP contribution in [0.15, 0.2) is 48.5 Å². The second kappa shape index (κ2) is 8.78.